The molecule has 0 amide bonds. The van der Waals surface area contributed by atoms with Crippen molar-refractivity contribution in [1.29, 1.82) is 0 Å². The molecule has 0 saturated heterocycles. The molecule has 104 valence electrons. The molecular formula is C13H17NO5. The minimum absolute atomic E-state index is 0.0623. The minimum Gasteiger partial charge on any atom is -0.428 e. The summed E-state index contributed by atoms with van der Waals surface area (Å²) in [5.74, 6) is 0.213. The van der Waals surface area contributed by atoms with Crippen molar-refractivity contribution in [2.24, 2.45) is 0 Å². The summed E-state index contributed by atoms with van der Waals surface area (Å²) >= 11 is 0. The fraction of sp³-hybridized carbons (Fsp3) is 0.462. The second-order valence-corrected chi connectivity index (χ2v) is 4.36. The number of ether oxygens (including phenoxy) is 2. The van der Waals surface area contributed by atoms with E-state index in [9.17, 15) is 14.9 Å². The molecule has 0 unspecified atom stereocenters. The topological polar surface area (TPSA) is 78.7 Å². The van der Waals surface area contributed by atoms with E-state index in [2.05, 4.69) is 0 Å². The molecule has 0 aliphatic heterocycles. The predicted octanol–water partition coefficient (Wildman–Crippen LogP) is 3.69. The van der Waals surface area contributed by atoms with Gasteiger partial charge >= 0.3 is 6.16 Å². The predicted molar refractivity (Wildman–Crippen MR) is 69.2 cm³/mol. The molecule has 1 aromatic rings. The van der Waals surface area contributed by atoms with Crippen molar-refractivity contribution in [3.8, 4) is 5.75 Å². The maximum atomic E-state index is 11.6. The van der Waals surface area contributed by atoms with E-state index >= 15 is 0 Å². The smallest absolute Gasteiger partial charge is 0.428 e. The van der Waals surface area contributed by atoms with E-state index in [-0.39, 0.29) is 11.4 Å². The summed E-state index contributed by atoms with van der Waals surface area (Å²) in [4.78, 5) is 21.5. The normalized spacial score (nSPS) is 10.9. The molecule has 6 heteroatoms. The Kier molecular flexibility index (Phi) is 4.86. The van der Waals surface area contributed by atoms with Gasteiger partial charge in [0, 0.05) is 12.1 Å². The van der Waals surface area contributed by atoms with Crippen LogP contribution in [0.4, 0.5) is 10.5 Å². The molecule has 0 fully saturated rings. The lowest BCUT2D eigenvalue weighted by Gasteiger charge is -2.25. The largest absolute Gasteiger partial charge is 0.514 e. The summed E-state index contributed by atoms with van der Waals surface area (Å²) in [6.45, 7) is 5.66. The fourth-order valence-corrected chi connectivity index (χ4v) is 1.35. The van der Waals surface area contributed by atoms with Gasteiger partial charge in [-0.2, -0.15) is 0 Å². The lowest BCUT2D eigenvalue weighted by molar-refractivity contribution is -0.384. The summed E-state index contributed by atoms with van der Waals surface area (Å²) in [6.07, 6.45) is 0.553. The molecule has 19 heavy (non-hydrogen) atoms. The maximum absolute atomic E-state index is 11.6. The number of non-ortho nitro benzene ring substituents is 1. The number of rotatable bonds is 5. The van der Waals surface area contributed by atoms with Crippen LogP contribution in [0.25, 0.3) is 0 Å². The zero-order chi connectivity index (χ0) is 14.5. The van der Waals surface area contributed by atoms with Crippen molar-refractivity contribution < 1.29 is 19.2 Å². The number of carbonyl (C=O) groups is 1. The summed E-state index contributed by atoms with van der Waals surface area (Å²) < 4.78 is 10.2. The van der Waals surface area contributed by atoms with E-state index in [0.717, 1.165) is 0 Å². The highest BCUT2D eigenvalue weighted by Gasteiger charge is 2.25. The highest BCUT2D eigenvalue weighted by atomic mass is 16.7. The standard InChI is InChI=1S/C13H17NO5/c1-4-13(3,5-2)19-12(15)18-11-8-6-10(7-9-11)14(16)17/h6-9H,4-5H2,1-3H3. The Morgan fingerprint density at radius 2 is 1.79 bits per heavy atom. The van der Waals surface area contributed by atoms with Gasteiger partial charge in [-0.05, 0) is 31.9 Å². The third-order valence-electron chi connectivity index (χ3n) is 3.07. The van der Waals surface area contributed by atoms with Crippen LogP contribution in [0, 0.1) is 10.1 Å². The molecule has 0 saturated carbocycles. The quantitative estimate of drug-likeness (QED) is 0.352. The second-order valence-electron chi connectivity index (χ2n) is 4.36. The van der Waals surface area contributed by atoms with Gasteiger partial charge < -0.3 is 9.47 Å². The van der Waals surface area contributed by atoms with Crippen molar-refractivity contribution in [2.45, 2.75) is 39.2 Å². The molecule has 0 bridgehead atoms. The van der Waals surface area contributed by atoms with Crippen molar-refractivity contribution in [2.75, 3.05) is 0 Å². The van der Waals surface area contributed by atoms with Crippen molar-refractivity contribution in [3.05, 3.63) is 34.4 Å². The summed E-state index contributed by atoms with van der Waals surface area (Å²) in [7, 11) is 0. The van der Waals surface area contributed by atoms with Crippen molar-refractivity contribution in [1.82, 2.24) is 0 Å². The first-order chi connectivity index (χ1) is 8.90. The Labute approximate surface area is 111 Å². The van der Waals surface area contributed by atoms with Crippen LogP contribution < -0.4 is 4.74 Å². The van der Waals surface area contributed by atoms with E-state index in [4.69, 9.17) is 9.47 Å². The number of nitrogens with zero attached hydrogens (tertiary/aromatic N) is 1. The first kappa shape index (κ1) is 14.9. The fourth-order valence-electron chi connectivity index (χ4n) is 1.35. The number of benzene rings is 1. The average Bonchev–Trinajstić information content (AvgIpc) is 2.39. The number of hydrogen-bond donors (Lipinski definition) is 0. The molecule has 6 nitrogen and oxygen atoms in total. The lowest BCUT2D eigenvalue weighted by Crippen LogP contribution is -2.31. The van der Waals surface area contributed by atoms with Gasteiger partial charge in [0.25, 0.3) is 5.69 Å². The lowest BCUT2D eigenvalue weighted by atomic mass is 10.0. The first-order valence-electron chi connectivity index (χ1n) is 6.05. The highest BCUT2D eigenvalue weighted by Crippen LogP contribution is 2.22. The summed E-state index contributed by atoms with van der Waals surface area (Å²) in [5, 5.41) is 10.5. The third kappa shape index (κ3) is 4.24. The van der Waals surface area contributed by atoms with Crippen LogP contribution in [0.2, 0.25) is 0 Å². The molecule has 0 heterocycles. The van der Waals surface area contributed by atoms with Crippen molar-refractivity contribution in [3.63, 3.8) is 0 Å². The Morgan fingerprint density at radius 1 is 1.26 bits per heavy atom. The molecule has 1 aromatic carbocycles. The third-order valence-corrected chi connectivity index (χ3v) is 3.07. The van der Waals surface area contributed by atoms with Crippen LogP contribution in [0.15, 0.2) is 24.3 Å². The molecular weight excluding hydrogens is 250 g/mol. The molecule has 0 spiro atoms. The van der Waals surface area contributed by atoms with Gasteiger partial charge in [0.2, 0.25) is 0 Å². The maximum Gasteiger partial charge on any atom is 0.514 e. The van der Waals surface area contributed by atoms with Gasteiger partial charge in [-0.3, -0.25) is 10.1 Å². The molecule has 0 aliphatic rings. The first-order valence-corrected chi connectivity index (χ1v) is 6.05. The van der Waals surface area contributed by atoms with E-state index in [1.165, 1.54) is 24.3 Å². The number of nitro benzene ring substituents is 1. The van der Waals surface area contributed by atoms with Crippen LogP contribution in [-0.2, 0) is 4.74 Å². The Hall–Kier alpha value is -2.11. The second kappa shape index (κ2) is 6.17. The Morgan fingerprint density at radius 3 is 2.21 bits per heavy atom. The molecule has 1 rings (SSSR count). The molecule has 0 N–H and O–H groups in total. The van der Waals surface area contributed by atoms with Gasteiger partial charge in [-0.15, -0.1) is 0 Å². The number of hydrogen-bond acceptors (Lipinski definition) is 5. The van der Waals surface area contributed by atoms with Gasteiger partial charge in [-0.1, -0.05) is 13.8 Å². The Bertz CT molecular complexity index is 451. The SMILES string of the molecule is CCC(C)(CC)OC(=O)Oc1ccc([N+](=O)[O-])cc1. The minimum atomic E-state index is -0.806. The molecule has 0 radical (unpaired) electrons. The van der Waals surface area contributed by atoms with Gasteiger partial charge in [-0.25, -0.2) is 4.79 Å². The molecule has 0 atom stereocenters. The molecule has 0 aliphatic carbocycles. The summed E-state index contributed by atoms with van der Waals surface area (Å²) in [5.41, 5.74) is -0.620. The van der Waals surface area contributed by atoms with E-state index < -0.39 is 16.7 Å². The van der Waals surface area contributed by atoms with Gasteiger partial charge in [0.15, 0.2) is 0 Å². The number of carbonyl (C=O) groups excluding carboxylic acids is 1. The van der Waals surface area contributed by atoms with E-state index in [1.54, 1.807) is 0 Å². The van der Waals surface area contributed by atoms with Gasteiger partial charge in [0.1, 0.15) is 11.4 Å². The van der Waals surface area contributed by atoms with Crippen LogP contribution in [0.1, 0.15) is 33.6 Å². The van der Waals surface area contributed by atoms with E-state index in [0.29, 0.717) is 12.8 Å². The van der Waals surface area contributed by atoms with Crippen LogP contribution in [0.3, 0.4) is 0 Å². The van der Waals surface area contributed by atoms with Crippen molar-refractivity contribution >= 4 is 11.8 Å². The van der Waals surface area contributed by atoms with Crippen LogP contribution in [0.5, 0.6) is 5.75 Å². The zero-order valence-electron chi connectivity index (χ0n) is 11.2. The van der Waals surface area contributed by atoms with Gasteiger partial charge in [0.05, 0.1) is 4.92 Å². The monoisotopic (exact) mass is 267 g/mol. The average molecular weight is 267 g/mol. The highest BCUT2D eigenvalue weighted by molar-refractivity contribution is 5.64. The van der Waals surface area contributed by atoms with Crippen LogP contribution >= 0.6 is 0 Å². The van der Waals surface area contributed by atoms with Crippen LogP contribution in [-0.4, -0.2) is 16.7 Å². The Balaban J connectivity index is 2.64. The summed E-state index contributed by atoms with van der Waals surface area (Å²) in [6, 6.07) is 5.24. The number of nitro groups is 1. The molecule has 0 aromatic heterocycles. The van der Waals surface area contributed by atoms with E-state index in [1.807, 2.05) is 20.8 Å². The zero-order valence-corrected chi connectivity index (χ0v) is 11.2.